The zero-order valence-electron chi connectivity index (χ0n) is 16.1. The molecule has 11 heteroatoms. The number of cyclic esters (lactones) is 1. The van der Waals surface area contributed by atoms with Gasteiger partial charge in [0.05, 0.1) is 50.4 Å². The van der Waals surface area contributed by atoms with Crippen LogP contribution >= 0.6 is 0 Å². The Balaban J connectivity index is 1.27. The van der Waals surface area contributed by atoms with E-state index in [1.807, 2.05) is 0 Å². The summed E-state index contributed by atoms with van der Waals surface area (Å²) in [5.41, 5.74) is 0.663. The lowest BCUT2D eigenvalue weighted by Crippen LogP contribution is -2.54. The monoisotopic (exact) mass is 421 g/mol. The number of aromatic nitrogens is 3. The average Bonchev–Trinajstić information content (AvgIpc) is 3.47. The van der Waals surface area contributed by atoms with E-state index in [9.17, 15) is 13.6 Å². The Morgan fingerprint density at radius 3 is 2.77 bits per heavy atom. The van der Waals surface area contributed by atoms with Crippen LogP contribution in [0.15, 0.2) is 30.6 Å². The van der Waals surface area contributed by atoms with Crippen LogP contribution in [-0.2, 0) is 20.8 Å². The lowest BCUT2D eigenvalue weighted by molar-refractivity contribution is -0.207. The van der Waals surface area contributed by atoms with E-state index in [-0.39, 0.29) is 18.8 Å². The van der Waals surface area contributed by atoms with Crippen LogP contribution in [0.3, 0.4) is 0 Å². The molecule has 0 aliphatic carbocycles. The number of alkyl halides is 1. The molecular formula is C19H21F2N5O4. The van der Waals surface area contributed by atoms with E-state index in [0.717, 1.165) is 0 Å². The van der Waals surface area contributed by atoms with Crippen molar-refractivity contribution in [2.45, 2.75) is 31.0 Å². The van der Waals surface area contributed by atoms with Crippen LogP contribution in [0.2, 0.25) is 0 Å². The van der Waals surface area contributed by atoms with E-state index in [0.29, 0.717) is 38.4 Å². The van der Waals surface area contributed by atoms with Gasteiger partial charge in [0.25, 0.3) is 0 Å². The molecule has 0 radical (unpaired) electrons. The largest absolute Gasteiger partial charge is 0.442 e. The molecule has 0 N–H and O–H groups in total. The van der Waals surface area contributed by atoms with E-state index in [1.165, 1.54) is 17.2 Å². The third-order valence-electron chi connectivity index (χ3n) is 5.68. The number of halogens is 2. The lowest BCUT2D eigenvalue weighted by Gasteiger charge is -2.41. The molecule has 9 nitrogen and oxygen atoms in total. The molecule has 1 spiro atoms. The molecule has 1 unspecified atom stereocenters. The third-order valence-corrected chi connectivity index (χ3v) is 5.68. The van der Waals surface area contributed by atoms with Crippen LogP contribution in [0, 0.1) is 5.82 Å². The summed E-state index contributed by atoms with van der Waals surface area (Å²) in [4.78, 5) is 15.3. The van der Waals surface area contributed by atoms with Crippen molar-refractivity contribution >= 4 is 17.5 Å². The van der Waals surface area contributed by atoms with Crippen molar-refractivity contribution in [2.24, 2.45) is 0 Å². The van der Waals surface area contributed by atoms with Gasteiger partial charge in [-0.1, -0.05) is 5.21 Å². The van der Waals surface area contributed by atoms with Crippen molar-refractivity contribution in [3.63, 3.8) is 0 Å². The Morgan fingerprint density at radius 1 is 1.23 bits per heavy atom. The molecule has 3 fully saturated rings. The number of hydrogen-bond donors (Lipinski definition) is 0. The molecule has 2 aromatic rings. The van der Waals surface area contributed by atoms with Gasteiger partial charge in [-0.15, -0.1) is 5.10 Å². The van der Waals surface area contributed by atoms with Crippen molar-refractivity contribution in [3.05, 3.63) is 36.4 Å². The van der Waals surface area contributed by atoms with E-state index in [2.05, 4.69) is 10.3 Å². The number of ether oxygens (including phenoxy) is 3. The molecule has 4 heterocycles. The van der Waals surface area contributed by atoms with Crippen LogP contribution in [-0.4, -0.2) is 72.0 Å². The highest BCUT2D eigenvalue weighted by Gasteiger charge is 2.49. The van der Waals surface area contributed by atoms with Gasteiger partial charge in [-0.3, -0.25) is 4.90 Å². The first kappa shape index (κ1) is 19.2. The van der Waals surface area contributed by atoms with Crippen molar-refractivity contribution < 1.29 is 27.8 Å². The summed E-state index contributed by atoms with van der Waals surface area (Å²) in [6.45, 7) is 1.75. The molecule has 1 aromatic carbocycles. The fourth-order valence-corrected chi connectivity index (χ4v) is 4.17. The van der Waals surface area contributed by atoms with Crippen molar-refractivity contribution in [1.29, 1.82) is 0 Å². The Bertz CT molecular complexity index is 922. The van der Waals surface area contributed by atoms with Gasteiger partial charge in [0, 0.05) is 19.2 Å². The van der Waals surface area contributed by atoms with E-state index in [4.69, 9.17) is 14.2 Å². The van der Waals surface area contributed by atoms with Gasteiger partial charge in [-0.2, -0.15) is 0 Å². The van der Waals surface area contributed by atoms with Gasteiger partial charge >= 0.3 is 6.09 Å². The van der Waals surface area contributed by atoms with Crippen LogP contribution in [0.4, 0.5) is 25.0 Å². The number of benzene rings is 1. The highest BCUT2D eigenvalue weighted by atomic mass is 19.1. The molecular weight excluding hydrogens is 400 g/mol. The molecule has 0 saturated carbocycles. The second kappa shape index (κ2) is 7.47. The molecule has 1 amide bonds. The van der Waals surface area contributed by atoms with Crippen LogP contribution in [0.25, 0.3) is 0 Å². The Labute approximate surface area is 171 Å². The molecule has 5 rings (SSSR count). The minimum atomic E-state index is -1.38. The first-order valence-electron chi connectivity index (χ1n) is 9.83. The number of carbonyl (C=O) groups is 1. The summed E-state index contributed by atoms with van der Waals surface area (Å²) < 4.78 is 47.4. The Morgan fingerprint density at radius 2 is 2.07 bits per heavy atom. The fraction of sp³-hybridized carbons (Fsp3) is 0.526. The molecule has 1 aromatic heterocycles. The van der Waals surface area contributed by atoms with Gasteiger partial charge in [0.2, 0.25) is 5.79 Å². The predicted molar refractivity (Wildman–Crippen MR) is 100 cm³/mol. The maximum absolute atomic E-state index is 14.9. The summed E-state index contributed by atoms with van der Waals surface area (Å²) >= 11 is 0. The van der Waals surface area contributed by atoms with Gasteiger partial charge in [0.1, 0.15) is 11.9 Å². The molecule has 3 aliphatic rings. The number of amides is 1. The van der Waals surface area contributed by atoms with Crippen molar-refractivity contribution in [2.75, 3.05) is 42.6 Å². The number of carbonyl (C=O) groups excluding carboxylic acids is 1. The van der Waals surface area contributed by atoms with E-state index >= 15 is 0 Å². The number of piperidine rings is 1. The molecule has 30 heavy (non-hydrogen) atoms. The highest BCUT2D eigenvalue weighted by molar-refractivity contribution is 5.90. The van der Waals surface area contributed by atoms with Gasteiger partial charge in [-0.05, 0) is 18.2 Å². The number of hydrogen-bond acceptors (Lipinski definition) is 7. The predicted octanol–water partition coefficient (Wildman–Crippen LogP) is 1.73. The fourth-order valence-electron chi connectivity index (χ4n) is 4.17. The normalized spacial score (nSPS) is 25.9. The maximum Gasteiger partial charge on any atom is 0.414 e. The van der Waals surface area contributed by atoms with Crippen LogP contribution in [0.1, 0.15) is 6.42 Å². The zero-order valence-corrected chi connectivity index (χ0v) is 16.1. The number of rotatable bonds is 4. The van der Waals surface area contributed by atoms with Gasteiger partial charge in [0.15, 0.2) is 6.17 Å². The SMILES string of the molecule is O=C1O[C@@H](Cn2ccnn2)CN1c1ccc(N2CCC3(OCCO3)C(F)C2)c(F)c1. The lowest BCUT2D eigenvalue weighted by atomic mass is 10.0. The first-order chi connectivity index (χ1) is 14.5. The van der Waals surface area contributed by atoms with Gasteiger partial charge in [-0.25, -0.2) is 18.3 Å². The van der Waals surface area contributed by atoms with Crippen molar-refractivity contribution in [1.82, 2.24) is 15.0 Å². The molecule has 3 saturated heterocycles. The minimum Gasteiger partial charge on any atom is -0.442 e. The molecule has 3 aliphatic heterocycles. The van der Waals surface area contributed by atoms with Gasteiger partial charge < -0.3 is 19.1 Å². The maximum atomic E-state index is 14.9. The third kappa shape index (κ3) is 3.37. The minimum absolute atomic E-state index is 0.0258. The van der Waals surface area contributed by atoms with E-state index in [1.54, 1.807) is 27.9 Å². The molecule has 2 atom stereocenters. The highest BCUT2D eigenvalue weighted by Crippen LogP contribution is 2.37. The topological polar surface area (TPSA) is 82.0 Å². The van der Waals surface area contributed by atoms with Crippen LogP contribution in [0.5, 0.6) is 0 Å². The first-order valence-corrected chi connectivity index (χ1v) is 9.83. The summed E-state index contributed by atoms with van der Waals surface area (Å²) in [6, 6.07) is 4.47. The molecule has 0 bridgehead atoms. The second-order valence-electron chi connectivity index (χ2n) is 7.55. The quantitative estimate of drug-likeness (QED) is 0.744. The number of anilines is 2. The summed E-state index contributed by atoms with van der Waals surface area (Å²) in [5, 5.41) is 7.57. The Hall–Kier alpha value is -2.79. The standard InChI is InChI=1S/C19H21F2N5O4/c20-15-9-13(26-11-14(30-18(26)27)10-25-6-4-22-23-25)1-2-16(15)24-5-3-19(17(21)12-24)28-7-8-29-19/h1-2,4,6,9,14,17H,3,5,7-8,10-12H2/t14-,17?/m0/s1. The summed E-state index contributed by atoms with van der Waals surface area (Å²) in [5.74, 6) is -1.73. The summed E-state index contributed by atoms with van der Waals surface area (Å²) in [6.07, 6.45) is 1.19. The van der Waals surface area contributed by atoms with E-state index < -0.39 is 30.0 Å². The Kier molecular flexibility index (Phi) is 4.78. The van der Waals surface area contributed by atoms with Crippen LogP contribution < -0.4 is 9.80 Å². The zero-order chi connectivity index (χ0) is 20.7. The summed E-state index contributed by atoms with van der Waals surface area (Å²) in [7, 11) is 0. The average molecular weight is 421 g/mol. The van der Waals surface area contributed by atoms with Crippen molar-refractivity contribution in [3.8, 4) is 0 Å². The second-order valence-corrected chi connectivity index (χ2v) is 7.55. The number of nitrogens with zero attached hydrogens (tertiary/aromatic N) is 5. The smallest absolute Gasteiger partial charge is 0.414 e. The molecule has 160 valence electrons.